The van der Waals surface area contributed by atoms with Crippen molar-refractivity contribution in [2.24, 2.45) is 5.92 Å². The van der Waals surface area contributed by atoms with E-state index in [-0.39, 0.29) is 24.2 Å². The monoisotopic (exact) mass is 369 g/mol. The molecule has 1 fully saturated rings. The molecule has 120 valence electrons. The summed E-state index contributed by atoms with van der Waals surface area (Å²) >= 11 is 13.0. The molecule has 0 saturated heterocycles. The number of nitrogens with one attached hydrogen (secondary N) is 2. The van der Waals surface area contributed by atoms with Crippen LogP contribution in [0.25, 0.3) is 0 Å². The molecular weight excluding hydrogens is 357 g/mol. The third-order valence-electron chi connectivity index (χ3n) is 3.28. The zero-order chi connectivity index (χ0) is 16.4. The van der Waals surface area contributed by atoms with Gasteiger partial charge in [0.15, 0.2) is 5.13 Å². The van der Waals surface area contributed by atoms with E-state index in [1.807, 2.05) is 0 Å². The van der Waals surface area contributed by atoms with Gasteiger partial charge in [0, 0.05) is 17.0 Å². The maximum Gasteiger partial charge on any atom is 0.230 e. The van der Waals surface area contributed by atoms with Crippen molar-refractivity contribution in [3.8, 4) is 0 Å². The van der Waals surface area contributed by atoms with Crippen LogP contribution in [0.15, 0.2) is 23.6 Å². The lowest BCUT2D eigenvalue weighted by Crippen LogP contribution is -2.15. The number of thiazole rings is 1. The van der Waals surface area contributed by atoms with E-state index in [0.29, 0.717) is 26.6 Å². The highest BCUT2D eigenvalue weighted by Gasteiger charge is 2.30. The molecule has 2 N–H and O–H groups in total. The minimum Gasteiger partial charge on any atom is -0.326 e. The van der Waals surface area contributed by atoms with Crippen LogP contribution in [0.1, 0.15) is 18.5 Å². The number of aromatic nitrogens is 1. The second-order valence-electron chi connectivity index (χ2n) is 5.26. The molecule has 1 aliphatic rings. The number of hydrogen-bond donors (Lipinski definition) is 2. The van der Waals surface area contributed by atoms with Crippen molar-refractivity contribution in [3.63, 3.8) is 0 Å². The van der Waals surface area contributed by atoms with Gasteiger partial charge in [0.1, 0.15) is 0 Å². The second-order valence-corrected chi connectivity index (χ2v) is 6.93. The van der Waals surface area contributed by atoms with Crippen molar-refractivity contribution in [2.45, 2.75) is 19.3 Å². The van der Waals surface area contributed by atoms with Crippen LogP contribution in [0.5, 0.6) is 0 Å². The van der Waals surface area contributed by atoms with Gasteiger partial charge < -0.3 is 10.6 Å². The SMILES string of the molecule is O=C(Cc1csc(NC(=O)C2CC2)n1)Nc1ccc(Cl)c(Cl)c1. The molecule has 0 bridgehead atoms. The van der Waals surface area contributed by atoms with Gasteiger partial charge in [-0.25, -0.2) is 4.98 Å². The summed E-state index contributed by atoms with van der Waals surface area (Å²) in [6, 6.07) is 4.88. The number of nitrogens with zero attached hydrogens (tertiary/aromatic N) is 1. The number of amides is 2. The number of benzene rings is 1. The fourth-order valence-corrected chi connectivity index (χ4v) is 2.95. The molecule has 2 aromatic rings. The third-order valence-corrected chi connectivity index (χ3v) is 4.82. The lowest BCUT2D eigenvalue weighted by molar-refractivity contribution is -0.117. The van der Waals surface area contributed by atoms with E-state index in [4.69, 9.17) is 23.2 Å². The Hall–Kier alpha value is -1.63. The predicted octanol–water partition coefficient (Wildman–Crippen LogP) is 3.98. The summed E-state index contributed by atoms with van der Waals surface area (Å²) in [5, 5.41) is 8.59. The minimum absolute atomic E-state index is 0.00570. The van der Waals surface area contributed by atoms with E-state index in [1.54, 1.807) is 23.6 Å². The predicted molar refractivity (Wildman–Crippen MR) is 92.3 cm³/mol. The topological polar surface area (TPSA) is 71.1 Å². The Kier molecular flexibility index (Phi) is 4.84. The van der Waals surface area contributed by atoms with Crippen molar-refractivity contribution in [2.75, 3.05) is 10.6 Å². The number of carbonyl (C=O) groups is 2. The zero-order valence-electron chi connectivity index (χ0n) is 11.9. The molecule has 23 heavy (non-hydrogen) atoms. The Morgan fingerprint density at radius 2 is 2.00 bits per heavy atom. The number of carbonyl (C=O) groups excluding carboxylic acids is 2. The van der Waals surface area contributed by atoms with Crippen molar-refractivity contribution in [1.82, 2.24) is 4.98 Å². The molecule has 0 unspecified atom stereocenters. The van der Waals surface area contributed by atoms with Crippen LogP contribution in [0.3, 0.4) is 0 Å². The summed E-state index contributed by atoms with van der Waals surface area (Å²) < 4.78 is 0. The van der Waals surface area contributed by atoms with Crippen molar-refractivity contribution < 1.29 is 9.59 Å². The Morgan fingerprint density at radius 3 is 2.70 bits per heavy atom. The molecule has 1 aliphatic carbocycles. The van der Waals surface area contributed by atoms with Gasteiger partial charge in [0.2, 0.25) is 11.8 Å². The molecule has 0 atom stereocenters. The summed E-state index contributed by atoms with van der Waals surface area (Å²) in [4.78, 5) is 27.9. The molecule has 0 aliphatic heterocycles. The lowest BCUT2D eigenvalue weighted by Gasteiger charge is -2.05. The van der Waals surface area contributed by atoms with Crippen molar-refractivity contribution in [1.29, 1.82) is 0 Å². The maximum atomic E-state index is 12.0. The molecule has 5 nitrogen and oxygen atoms in total. The van der Waals surface area contributed by atoms with Crippen LogP contribution in [-0.2, 0) is 16.0 Å². The van der Waals surface area contributed by atoms with E-state index in [9.17, 15) is 9.59 Å². The first-order valence-electron chi connectivity index (χ1n) is 7.01. The highest BCUT2D eigenvalue weighted by atomic mass is 35.5. The van der Waals surface area contributed by atoms with Crippen molar-refractivity contribution in [3.05, 3.63) is 39.3 Å². The average Bonchev–Trinajstić information content (AvgIpc) is 3.26. The van der Waals surface area contributed by atoms with Gasteiger partial charge in [-0.2, -0.15) is 0 Å². The van der Waals surface area contributed by atoms with Crippen LogP contribution >= 0.6 is 34.5 Å². The second kappa shape index (κ2) is 6.86. The third kappa shape index (κ3) is 4.43. The van der Waals surface area contributed by atoms with E-state index in [0.717, 1.165) is 12.8 Å². The fourth-order valence-electron chi connectivity index (χ4n) is 1.94. The van der Waals surface area contributed by atoms with E-state index < -0.39 is 0 Å². The number of hydrogen-bond acceptors (Lipinski definition) is 4. The maximum absolute atomic E-state index is 12.0. The smallest absolute Gasteiger partial charge is 0.230 e. The minimum atomic E-state index is -0.214. The average molecular weight is 370 g/mol. The first-order valence-corrected chi connectivity index (χ1v) is 8.65. The van der Waals surface area contributed by atoms with Gasteiger partial charge >= 0.3 is 0 Å². The standard InChI is InChI=1S/C15H13Cl2N3O2S/c16-11-4-3-9(5-12(11)17)18-13(21)6-10-7-23-15(19-10)20-14(22)8-1-2-8/h3-5,7-8H,1-2,6H2,(H,18,21)(H,19,20,22). The van der Waals surface area contributed by atoms with Gasteiger partial charge in [0.05, 0.1) is 22.2 Å². The summed E-state index contributed by atoms with van der Waals surface area (Å²) in [6.45, 7) is 0. The van der Waals surface area contributed by atoms with E-state index in [2.05, 4.69) is 15.6 Å². The van der Waals surface area contributed by atoms with Crippen LogP contribution < -0.4 is 10.6 Å². The highest BCUT2D eigenvalue weighted by Crippen LogP contribution is 2.30. The molecule has 3 rings (SSSR count). The summed E-state index contributed by atoms with van der Waals surface area (Å²) in [5.74, 6) is -0.0831. The molecule has 0 spiro atoms. The molecule has 1 aromatic heterocycles. The normalized spacial score (nSPS) is 13.7. The van der Waals surface area contributed by atoms with Gasteiger partial charge in [-0.3, -0.25) is 9.59 Å². The molecule has 8 heteroatoms. The summed E-state index contributed by atoms with van der Waals surface area (Å²) in [5.41, 5.74) is 1.18. The molecular formula is C15H13Cl2N3O2S. The summed E-state index contributed by atoms with van der Waals surface area (Å²) in [7, 11) is 0. The molecule has 0 radical (unpaired) electrons. The lowest BCUT2D eigenvalue weighted by atomic mass is 10.3. The van der Waals surface area contributed by atoms with Gasteiger partial charge in [-0.05, 0) is 31.0 Å². The zero-order valence-corrected chi connectivity index (χ0v) is 14.3. The van der Waals surface area contributed by atoms with Gasteiger partial charge in [0.25, 0.3) is 0 Å². The van der Waals surface area contributed by atoms with E-state index >= 15 is 0 Å². The van der Waals surface area contributed by atoms with Crippen LogP contribution in [0.4, 0.5) is 10.8 Å². The molecule has 1 heterocycles. The van der Waals surface area contributed by atoms with Crippen molar-refractivity contribution >= 4 is 57.2 Å². The molecule has 2 amide bonds. The Morgan fingerprint density at radius 1 is 1.22 bits per heavy atom. The summed E-state index contributed by atoms with van der Waals surface area (Å²) in [6.07, 6.45) is 2.00. The van der Waals surface area contributed by atoms with Gasteiger partial charge in [-0.15, -0.1) is 11.3 Å². The van der Waals surface area contributed by atoms with Crippen LogP contribution in [-0.4, -0.2) is 16.8 Å². The highest BCUT2D eigenvalue weighted by molar-refractivity contribution is 7.13. The largest absolute Gasteiger partial charge is 0.326 e. The fraction of sp³-hybridized carbons (Fsp3) is 0.267. The first-order chi connectivity index (χ1) is 11.0. The Bertz CT molecular complexity index is 759. The van der Waals surface area contributed by atoms with E-state index in [1.165, 1.54) is 11.3 Å². The number of anilines is 2. The van der Waals surface area contributed by atoms with Gasteiger partial charge in [-0.1, -0.05) is 23.2 Å². The first kappa shape index (κ1) is 16.2. The molecule has 1 saturated carbocycles. The number of halogens is 2. The Balaban J connectivity index is 1.56. The molecule has 1 aromatic carbocycles. The van der Waals surface area contributed by atoms with Crippen LogP contribution in [0.2, 0.25) is 10.0 Å². The Labute approximate surface area is 147 Å². The van der Waals surface area contributed by atoms with Crippen LogP contribution in [0, 0.1) is 5.92 Å². The number of rotatable bonds is 5. The quantitative estimate of drug-likeness (QED) is 0.836.